The number of pyridine rings is 1. The van der Waals surface area contributed by atoms with Crippen LogP contribution in [0.25, 0.3) is 0 Å². The van der Waals surface area contributed by atoms with Gasteiger partial charge < -0.3 is 19.5 Å². The molecule has 0 bridgehead atoms. The molecule has 0 spiro atoms. The third-order valence-electron chi connectivity index (χ3n) is 3.33. The van der Waals surface area contributed by atoms with Crippen molar-refractivity contribution in [2.45, 2.75) is 19.9 Å². The summed E-state index contributed by atoms with van der Waals surface area (Å²) in [4.78, 5) is 4.12. The summed E-state index contributed by atoms with van der Waals surface area (Å²) in [5.41, 5.74) is 1.13. The van der Waals surface area contributed by atoms with Gasteiger partial charge in [0.2, 0.25) is 5.88 Å². The predicted octanol–water partition coefficient (Wildman–Crippen LogP) is 3.81. The molecule has 0 aliphatic rings. The van der Waals surface area contributed by atoms with Gasteiger partial charge in [-0.05, 0) is 43.7 Å². The van der Waals surface area contributed by atoms with Crippen molar-refractivity contribution >= 4 is 15.9 Å². The summed E-state index contributed by atoms with van der Waals surface area (Å²) in [5.74, 6) is 2.16. The molecular weight excluding hydrogens is 372 g/mol. The second kappa shape index (κ2) is 10.2. The van der Waals surface area contributed by atoms with E-state index in [1.54, 1.807) is 13.3 Å². The van der Waals surface area contributed by atoms with E-state index in [4.69, 9.17) is 14.2 Å². The molecule has 0 unspecified atom stereocenters. The van der Waals surface area contributed by atoms with E-state index in [0.717, 1.165) is 41.0 Å². The van der Waals surface area contributed by atoms with Crippen LogP contribution in [0, 0.1) is 0 Å². The van der Waals surface area contributed by atoms with Crippen LogP contribution in [0.15, 0.2) is 41.0 Å². The Balaban J connectivity index is 1.75. The number of nitrogens with one attached hydrogen (secondary N) is 1. The van der Waals surface area contributed by atoms with E-state index >= 15 is 0 Å². The zero-order valence-electron chi connectivity index (χ0n) is 14.0. The molecule has 1 aromatic heterocycles. The van der Waals surface area contributed by atoms with Gasteiger partial charge in [-0.1, -0.05) is 22.0 Å². The Hall–Kier alpha value is -1.79. The highest BCUT2D eigenvalue weighted by Crippen LogP contribution is 2.33. The fourth-order valence-electron chi connectivity index (χ4n) is 2.17. The van der Waals surface area contributed by atoms with Gasteiger partial charge >= 0.3 is 0 Å². The smallest absolute Gasteiger partial charge is 0.213 e. The number of aromatic nitrogens is 1. The number of rotatable bonds is 10. The molecule has 24 heavy (non-hydrogen) atoms. The number of hydrogen-bond acceptors (Lipinski definition) is 5. The zero-order chi connectivity index (χ0) is 17.2. The fourth-order valence-corrected chi connectivity index (χ4v) is 2.63. The van der Waals surface area contributed by atoms with Crippen LogP contribution in [0.2, 0.25) is 0 Å². The molecule has 5 nitrogen and oxygen atoms in total. The summed E-state index contributed by atoms with van der Waals surface area (Å²) in [6.45, 7) is 4.80. The molecule has 0 aliphatic carbocycles. The van der Waals surface area contributed by atoms with Crippen molar-refractivity contribution < 1.29 is 14.2 Å². The number of methoxy groups -OCH3 is 1. The number of ether oxygens (including phenoxy) is 3. The van der Waals surface area contributed by atoms with Gasteiger partial charge in [-0.25, -0.2) is 4.98 Å². The van der Waals surface area contributed by atoms with Crippen LogP contribution in [-0.4, -0.2) is 31.9 Å². The first-order chi connectivity index (χ1) is 11.7. The number of halogens is 1. The molecule has 0 radical (unpaired) electrons. The Morgan fingerprint density at radius 3 is 2.75 bits per heavy atom. The SMILES string of the molecule is CCOc1cc(Br)c(CNCCCOc2ccccn2)cc1OC. The van der Waals surface area contributed by atoms with Crippen LogP contribution in [0.3, 0.4) is 0 Å². The number of nitrogens with zero attached hydrogens (tertiary/aromatic N) is 1. The summed E-state index contributed by atoms with van der Waals surface area (Å²) in [7, 11) is 1.65. The number of hydrogen-bond donors (Lipinski definition) is 1. The summed E-state index contributed by atoms with van der Waals surface area (Å²) >= 11 is 3.59. The maximum absolute atomic E-state index is 5.57. The lowest BCUT2D eigenvalue weighted by atomic mass is 10.2. The Kier molecular flexibility index (Phi) is 7.85. The van der Waals surface area contributed by atoms with Gasteiger partial charge in [0.05, 0.1) is 20.3 Å². The summed E-state index contributed by atoms with van der Waals surface area (Å²) in [6.07, 6.45) is 2.63. The molecule has 2 aromatic rings. The first-order valence-corrected chi connectivity index (χ1v) is 8.77. The van der Waals surface area contributed by atoms with Crippen LogP contribution in [-0.2, 0) is 6.54 Å². The summed E-state index contributed by atoms with van der Waals surface area (Å²) in [6, 6.07) is 9.58. The van der Waals surface area contributed by atoms with Gasteiger partial charge in [-0.3, -0.25) is 0 Å². The normalized spacial score (nSPS) is 10.5. The molecule has 0 aliphatic heterocycles. The second-order valence-corrected chi connectivity index (χ2v) is 5.93. The van der Waals surface area contributed by atoms with Crippen molar-refractivity contribution in [2.24, 2.45) is 0 Å². The van der Waals surface area contributed by atoms with E-state index in [0.29, 0.717) is 19.1 Å². The van der Waals surface area contributed by atoms with E-state index in [-0.39, 0.29) is 0 Å². The van der Waals surface area contributed by atoms with Gasteiger partial charge in [0.25, 0.3) is 0 Å². The van der Waals surface area contributed by atoms with E-state index in [2.05, 4.69) is 26.2 Å². The molecule has 6 heteroatoms. The van der Waals surface area contributed by atoms with Crippen LogP contribution in [0.5, 0.6) is 17.4 Å². The lowest BCUT2D eigenvalue weighted by Gasteiger charge is -2.13. The first-order valence-electron chi connectivity index (χ1n) is 7.98. The molecule has 0 fully saturated rings. The average molecular weight is 395 g/mol. The average Bonchev–Trinajstić information content (AvgIpc) is 2.60. The van der Waals surface area contributed by atoms with Crippen LogP contribution < -0.4 is 19.5 Å². The van der Waals surface area contributed by atoms with E-state index in [1.165, 1.54) is 0 Å². The molecule has 0 amide bonds. The van der Waals surface area contributed by atoms with Gasteiger partial charge in [0.1, 0.15) is 0 Å². The van der Waals surface area contributed by atoms with Crippen LogP contribution in [0.4, 0.5) is 0 Å². The standard InChI is InChI=1S/C18H23BrN2O3/c1-3-23-17-12-15(19)14(11-16(17)22-2)13-20-8-6-10-24-18-7-4-5-9-21-18/h4-5,7,9,11-12,20H,3,6,8,10,13H2,1-2H3. The van der Waals surface area contributed by atoms with Gasteiger partial charge in [-0.15, -0.1) is 0 Å². The quantitative estimate of drug-likeness (QED) is 0.620. The molecule has 1 aromatic carbocycles. The minimum atomic E-state index is 0.608. The molecule has 2 rings (SSSR count). The molecule has 0 saturated heterocycles. The third kappa shape index (κ3) is 5.69. The fraction of sp³-hybridized carbons (Fsp3) is 0.389. The minimum absolute atomic E-state index is 0.608. The highest BCUT2D eigenvalue weighted by Gasteiger charge is 2.09. The highest BCUT2D eigenvalue weighted by atomic mass is 79.9. The largest absolute Gasteiger partial charge is 0.493 e. The highest BCUT2D eigenvalue weighted by molar-refractivity contribution is 9.10. The van der Waals surface area contributed by atoms with Crippen molar-refractivity contribution in [2.75, 3.05) is 26.9 Å². The number of benzene rings is 1. The van der Waals surface area contributed by atoms with Crippen molar-refractivity contribution in [1.82, 2.24) is 10.3 Å². The third-order valence-corrected chi connectivity index (χ3v) is 4.07. The summed E-state index contributed by atoms with van der Waals surface area (Å²) < 4.78 is 17.5. The monoisotopic (exact) mass is 394 g/mol. The van der Waals surface area contributed by atoms with Gasteiger partial charge in [0.15, 0.2) is 11.5 Å². The van der Waals surface area contributed by atoms with Crippen LogP contribution in [0.1, 0.15) is 18.9 Å². The molecule has 0 saturated carbocycles. The lowest BCUT2D eigenvalue weighted by molar-refractivity contribution is 0.296. The van der Waals surface area contributed by atoms with Crippen molar-refractivity contribution in [1.29, 1.82) is 0 Å². The summed E-state index contributed by atoms with van der Waals surface area (Å²) in [5, 5.41) is 3.40. The Labute approximate surface area is 151 Å². The van der Waals surface area contributed by atoms with Crippen molar-refractivity contribution in [3.8, 4) is 17.4 Å². The lowest BCUT2D eigenvalue weighted by Crippen LogP contribution is -2.17. The minimum Gasteiger partial charge on any atom is -0.493 e. The first kappa shape index (κ1) is 18.5. The van der Waals surface area contributed by atoms with E-state index < -0.39 is 0 Å². The topological polar surface area (TPSA) is 52.6 Å². The molecule has 130 valence electrons. The molecular formula is C18H23BrN2O3. The Bertz CT molecular complexity index is 623. The van der Waals surface area contributed by atoms with E-state index in [1.807, 2.05) is 37.3 Å². The predicted molar refractivity (Wildman–Crippen MR) is 97.9 cm³/mol. The van der Waals surface area contributed by atoms with Crippen molar-refractivity contribution in [3.05, 3.63) is 46.6 Å². The molecule has 1 N–H and O–H groups in total. The van der Waals surface area contributed by atoms with E-state index in [9.17, 15) is 0 Å². The second-order valence-electron chi connectivity index (χ2n) is 5.07. The zero-order valence-corrected chi connectivity index (χ0v) is 15.6. The molecule has 1 heterocycles. The maximum atomic E-state index is 5.57. The Morgan fingerprint density at radius 2 is 2.04 bits per heavy atom. The van der Waals surface area contributed by atoms with Gasteiger partial charge in [-0.2, -0.15) is 0 Å². The van der Waals surface area contributed by atoms with Gasteiger partial charge in [0, 0.05) is 23.3 Å². The maximum Gasteiger partial charge on any atom is 0.213 e. The van der Waals surface area contributed by atoms with Crippen molar-refractivity contribution in [3.63, 3.8) is 0 Å². The van der Waals surface area contributed by atoms with Crippen LogP contribution >= 0.6 is 15.9 Å². The molecule has 0 atom stereocenters. The Morgan fingerprint density at radius 1 is 1.17 bits per heavy atom.